The molecule has 1 aromatic carbocycles. The molecule has 0 aliphatic rings. The second-order valence-electron chi connectivity index (χ2n) is 5.99. The van der Waals surface area contributed by atoms with E-state index in [4.69, 9.17) is 5.73 Å². The largest absolute Gasteiger partial charge is 0.416 e. The van der Waals surface area contributed by atoms with Crippen LogP contribution >= 0.6 is 0 Å². The summed E-state index contributed by atoms with van der Waals surface area (Å²) in [5.41, 5.74) is 1.33. The van der Waals surface area contributed by atoms with Crippen LogP contribution in [0.5, 0.6) is 0 Å². The number of aromatic nitrogens is 5. The molecule has 0 radical (unpaired) electrons. The molecule has 31 heavy (non-hydrogen) atoms. The summed E-state index contributed by atoms with van der Waals surface area (Å²) < 4.78 is 91.8. The number of halogens is 7. The number of benzene rings is 1. The summed E-state index contributed by atoms with van der Waals surface area (Å²) in [6, 6.07) is 0.892. The van der Waals surface area contributed by atoms with Gasteiger partial charge in [-0.1, -0.05) is 0 Å². The maximum absolute atomic E-state index is 13.0. The zero-order valence-corrected chi connectivity index (χ0v) is 14.9. The monoisotopic (exact) mass is 446 g/mol. The topological polar surface area (TPSA) is 99.6 Å². The molecular formula is C17H9F7N6O. The minimum atomic E-state index is -5.04. The van der Waals surface area contributed by atoms with Gasteiger partial charge in [0.15, 0.2) is 5.82 Å². The van der Waals surface area contributed by atoms with Gasteiger partial charge >= 0.3 is 18.4 Å². The lowest BCUT2D eigenvalue weighted by atomic mass is 10.0. The number of rotatable bonds is 4. The number of amides is 1. The van der Waals surface area contributed by atoms with Crippen LogP contribution in [0.1, 0.15) is 16.7 Å². The Labute approximate surface area is 168 Å². The molecule has 14 heteroatoms. The van der Waals surface area contributed by atoms with E-state index in [0.29, 0.717) is 12.1 Å². The second kappa shape index (κ2) is 7.77. The van der Waals surface area contributed by atoms with Crippen molar-refractivity contribution in [2.75, 3.05) is 0 Å². The molecule has 3 aromatic rings. The first-order valence-corrected chi connectivity index (χ1v) is 8.05. The number of alkyl halides is 6. The van der Waals surface area contributed by atoms with Crippen molar-refractivity contribution in [2.24, 2.45) is 5.73 Å². The van der Waals surface area contributed by atoms with E-state index >= 15 is 0 Å². The number of nitrogens with two attached hydrogens (primary N) is 1. The van der Waals surface area contributed by atoms with E-state index in [9.17, 15) is 35.5 Å². The summed E-state index contributed by atoms with van der Waals surface area (Å²) in [5.74, 6) is -1.49. The van der Waals surface area contributed by atoms with E-state index in [1.54, 1.807) is 0 Å². The van der Waals surface area contributed by atoms with E-state index in [1.807, 2.05) is 0 Å². The molecule has 3 rings (SSSR count). The van der Waals surface area contributed by atoms with E-state index in [0.717, 1.165) is 29.6 Å². The van der Waals surface area contributed by atoms with Gasteiger partial charge in [0.05, 0.1) is 16.7 Å². The second-order valence-corrected chi connectivity index (χ2v) is 5.99. The van der Waals surface area contributed by atoms with Gasteiger partial charge in [0, 0.05) is 29.7 Å². The third kappa shape index (κ3) is 5.02. The third-order valence-electron chi connectivity index (χ3n) is 3.81. The normalized spacial score (nSPS) is 12.8. The third-order valence-corrected chi connectivity index (χ3v) is 3.81. The lowest BCUT2D eigenvalue weighted by Crippen LogP contribution is -2.14. The van der Waals surface area contributed by atoms with Gasteiger partial charge in [0.2, 0.25) is 0 Å². The fourth-order valence-corrected chi connectivity index (χ4v) is 2.42. The number of primary amides is 1. The van der Waals surface area contributed by atoms with Gasteiger partial charge in [0.25, 0.3) is 5.91 Å². The highest BCUT2D eigenvalue weighted by Gasteiger charge is 2.37. The first-order chi connectivity index (χ1) is 14.3. The van der Waals surface area contributed by atoms with E-state index in [-0.39, 0.29) is 17.2 Å². The van der Waals surface area contributed by atoms with E-state index in [1.165, 1.54) is 0 Å². The molecular weight excluding hydrogens is 437 g/mol. The van der Waals surface area contributed by atoms with Crippen molar-refractivity contribution in [3.05, 3.63) is 59.7 Å². The fraction of sp³-hybridized carbons (Fsp3) is 0.118. The van der Waals surface area contributed by atoms with Gasteiger partial charge in [-0.3, -0.25) is 4.79 Å². The van der Waals surface area contributed by atoms with Crippen molar-refractivity contribution in [2.45, 2.75) is 12.4 Å². The molecule has 0 unspecified atom stereocenters. The van der Waals surface area contributed by atoms with Gasteiger partial charge in [-0.25, -0.2) is 19.6 Å². The lowest BCUT2D eigenvalue weighted by Gasteiger charge is -2.13. The Bertz CT molecular complexity index is 1120. The zero-order chi connectivity index (χ0) is 23.0. The molecule has 162 valence electrons. The SMILES string of the molecule is NC(=O)C(=Cn1cnc(-c2cc(C(F)(F)F)cc(C(F)(F)F)c2)n1)c1cnc(F)nc1. The van der Waals surface area contributed by atoms with Crippen LogP contribution in [0.2, 0.25) is 0 Å². The Morgan fingerprint density at radius 3 is 1.97 bits per heavy atom. The van der Waals surface area contributed by atoms with Crippen LogP contribution in [0.15, 0.2) is 36.9 Å². The number of nitrogens with zero attached hydrogens (tertiary/aromatic N) is 5. The van der Waals surface area contributed by atoms with Gasteiger partial charge in [-0.15, -0.1) is 5.10 Å². The number of carbonyl (C=O) groups is 1. The average molecular weight is 446 g/mol. The number of hydrogen-bond acceptors (Lipinski definition) is 5. The Kier molecular flexibility index (Phi) is 5.48. The predicted octanol–water partition coefficient (Wildman–Crippen LogP) is 3.40. The standard InChI is InChI=1S/C17H9F7N6O/c18-15-26-4-9(5-27-15)12(13(25)31)6-30-7-28-14(29-30)8-1-10(16(19,20)21)3-11(2-8)17(22,23)24/h1-7H,(H2,25,31). The summed E-state index contributed by atoms with van der Waals surface area (Å²) in [5, 5.41) is 3.76. The quantitative estimate of drug-likeness (QED) is 0.376. The minimum Gasteiger partial charge on any atom is -0.366 e. The summed E-state index contributed by atoms with van der Waals surface area (Å²) in [4.78, 5) is 21.9. The fourth-order valence-electron chi connectivity index (χ4n) is 2.42. The Morgan fingerprint density at radius 2 is 1.48 bits per heavy atom. The number of hydrogen-bond donors (Lipinski definition) is 1. The highest BCUT2D eigenvalue weighted by molar-refractivity contribution is 6.22. The maximum atomic E-state index is 13.0. The minimum absolute atomic E-state index is 0.00984. The number of carbonyl (C=O) groups excluding carboxylic acids is 1. The van der Waals surface area contributed by atoms with Crippen molar-refractivity contribution >= 4 is 17.7 Å². The van der Waals surface area contributed by atoms with Crippen LogP contribution in [0, 0.1) is 6.08 Å². The molecule has 0 fully saturated rings. The Hall–Kier alpha value is -3.84. The molecule has 0 spiro atoms. The molecule has 1 amide bonds. The molecule has 0 atom stereocenters. The van der Waals surface area contributed by atoms with Crippen molar-refractivity contribution in [3.63, 3.8) is 0 Å². The molecule has 0 saturated heterocycles. The molecule has 0 aliphatic carbocycles. The Balaban J connectivity index is 2.06. The summed E-state index contributed by atoms with van der Waals surface area (Å²) >= 11 is 0. The van der Waals surface area contributed by atoms with Crippen LogP contribution in [0.25, 0.3) is 23.2 Å². The molecule has 7 nitrogen and oxygen atoms in total. The Morgan fingerprint density at radius 1 is 0.935 bits per heavy atom. The van der Waals surface area contributed by atoms with Gasteiger partial charge in [-0.2, -0.15) is 30.7 Å². The van der Waals surface area contributed by atoms with Crippen molar-refractivity contribution in [1.29, 1.82) is 0 Å². The van der Waals surface area contributed by atoms with Gasteiger partial charge in [0.1, 0.15) is 6.33 Å². The highest BCUT2D eigenvalue weighted by Crippen LogP contribution is 2.38. The van der Waals surface area contributed by atoms with Gasteiger partial charge in [-0.05, 0) is 18.2 Å². The zero-order valence-electron chi connectivity index (χ0n) is 14.9. The van der Waals surface area contributed by atoms with Crippen molar-refractivity contribution in [3.8, 4) is 11.4 Å². The summed E-state index contributed by atoms with van der Waals surface area (Å²) in [6.45, 7) is 0. The average Bonchev–Trinajstić information content (AvgIpc) is 3.14. The lowest BCUT2D eigenvalue weighted by molar-refractivity contribution is -0.143. The maximum Gasteiger partial charge on any atom is 0.416 e. The van der Waals surface area contributed by atoms with Crippen LogP contribution in [-0.2, 0) is 17.1 Å². The molecule has 2 heterocycles. The molecule has 2 aromatic heterocycles. The molecule has 0 saturated carbocycles. The van der Waals surface area contributed by atoms with Crippen LogP contribution in [0.3, 0.4) is 0 Å². The molecule has 0 aliphatic heterocycles. The smallest absolute Gasteiger partial charge is 0.366 e. The van der Waals surface area contributed by atoms with Crippen LogP contribution in [-0.4, -0.2) is 30.6 Å². The summed E-state index contributed by atoms with van der Waals surface area (Å²) in [6.07, 6.45) is -7.36. The van der Waals surface area contributed by atoms with E-state index < -0.39 is 46.9 Å². The molecule has 0 bridgehead atoms. The van der Waals surface area contributed by atoms with Crippen molar-refractivity contribution < 1.29 is 35.5 Å². The first kappa shape index (κ1) is 21.9. The highest BCUT2D eigenvalue weighted by atomic mass is 19.4. The molecule has 2 N–H and O–H groups in total. The predicted molar refractivity (Wildman–Crippen MR) is 90.8 cm³/mol. The first-order valence-electron chi connectivity index (χ1n) is 8.05. The summed E-state index contributed by atoms with van der Waals surface area (Å²) in [7, 11) is 0. The van der Waals surface area contributed by atoms with E-state index in [2.05, 4.69) is 20.1 Å². The van der Waals surface area contributed by atoms with Crippen molar-refractivity contribution in [1.82, 2.24) is 24.7 Å². The van der Waals surface area contributed by atoms with Crippen LogP contribution < -0.4 is 5.73 Å². The van der Waals surface area contributed by atoms with Gasteiger partial charge < -0.3 is 5.73 Å². The van der Waals surface area contributed by atoms with Crippen LogP contribution in [0.4, 0.5) is 30.7 Å².